The molecular weight excluding hydrogens is 328 g/mol. The summed E-state index contributed by atoms with van der Waals surface area (Å²) in [7, 11) is -3.62. The molecule has 3 N–H and O–H groups in total. The molecule has 4 nitrogen and oxygen atoms in total. The van der Waals surface area contributed by atoms with Gasteiger partial charge in [0.1, 0.15) is 0 Å². The first-order valence-electron chi connectivity index (χ1n) is 6.38. The summed E-state index contributed by atoms with van der Waals surface area (Å²) in [6.07, 6.45) is 0.644. The molecule has 0 aliphatic heterocycles. The number of hydrogen-bond acceptors (Lipinski definition) is 4. The SMILES string of the molecule is Cc1cc(Cl)c(N)cc1S(=O)(=O)NC(C)Cc1ccsc1. The average Bonchev–Trinajstić information content (AvgIpc) is 2.85. The van der Waals surface area contributed by atoms with Gasteiger partial charge in [0.2, 0.25) is 10.0 Å². The molecular formula is C14H17ClN2O2S2. The highest BCUT2D eigenvalue weighted by molar-refractivity contribution is 7.89. The molecule has 0 saturated carbocycles. The summed E-state index contributed by atoms with van der Waals surface area (Å²) in [6.45, 7) is 3.53. The monoisotopic (exact) mass is 344 g/mol. The quantitative estimate of drug-likeness (QED) is 0.818. The van der Waals surface area contributed by atoms with E-state index in [2.05, 4.69) is 4.72 Å². The van der Waals surface area contributed by atoms with Crippen molar-refractivity contribution in [2.24, 2.45) is 0 Å². The van der Waals surface area contributed by atoms with Gasteiger partial charge in [-0.1, -0.05) is 11.6 Å². The van der Waals surface area contributed by atoms with Crippen LogP contribution in [-0.2, 0) is 16.4 Å². The maximum absolute atomic E-state index is 12.4. The lowest BCUT2D eigenvalue weighted by molar-refractivity contribution is 0.559. The molecule has 0 radical (unpaired) electrons. The number of hydrogen-bond donors (Lipinski definition) is 2. The van der Waals surface area contributed by atoms with Crippen molar-refractivity contribution in [3.63, 3.8) is 0 Å². The van der Waals surface area contributed by atoms with E-state index in [1.54, 1.807) is 24.3 Å². The van der Waals surface area contributed by atoms with Crippen LogP contribution in [0.15, 0.2) is 33.9 Å². The van der Waals surface area contributed by atoms with Gasteiger partial charge in [0.05, 0.1) is 15.6 Å². The van der Waals surface area contributed by atoms with Crippen LogP contribution < -0.4 is 10.5 Å². The van der Waals surface area contributed by atoms with Crippen molar-refractivity contribution >= 4 is 38.6 Å². The third-order valence-electron chi connectivity index (χ3n) is 3.06. The standard InChI is InChI=1S/C14H17ClN2O2S2/c1-9-5-12(15)13(16)7-14(9)21(18,19)17-10(2)6-11-3-4-20-8-11/h3-5,7-8,10,17H,6,16H2,1-2H3. The predicted molar refractivity (Wildman–Crippen MR) is 88.4 cm³/mol. The maximum Gasteiger partial charge on any atom is 0.241 e. The molecule has 2 rings (SSSR count). The zero-order valence-electron chi connectivity index (χ0n) is 11.8. The van der Waals surface area contributed by atoms with Gasteiger partial charge < -0.3 is 5.73 Å². The van der Waals surface area contributed by atoms with Crippen LogP contribution in [-0.4, -0.2) is 14.5 Å². The van der Waals surface area contributed by atoms with Crippen molar-refractivity contribution in [1.29, 1.82) is 0 Å². The normalized spacial score (nSPS) is 13.3. The summed E-state index contributed by atoms with van der Waals surface area (Å²) in [6, 6.07) is 4.74. The van der Waals surface area contributed by atoms with Crippen molar-refractivity contribution in [2.75, 3.05) is 5.73 Å². The Bertz CT molecular complexity index is 728. The molecule has 1 unspecified atom stereocenters. The second-order valence-corrected chi connectivity index (χ2v) is 7.87. The average molecular weight is 345 g/mol. The van der Waals surface area contributed by atoms with E-state index < -0.39 is 10.0 Å². The van der Waals surface area contributed by atoms with Crippen LogP contribution in [0.5, 0.6) is 0 Å². The van der Waals surface area contributed by atoms with Crippen molar-refractivity contribution in [2.45, 2.75) is 31.2 Å². The first-order chi connectivity index (χ1) is 9.79. The smallest absolute Gasteiger partial charge is 0.241 e. The minimum Gasteiger partial charge on any atom is -0.397 e. The molecule has 1 atom stereocenters. The molecule has 0 saturated heterocycles. The number of nitrogens with two attached hydrogens (primary N) is 1. The van der Waals surface area contributed by atoms with Crippen LogP contribution in [0.25, 0.3) is 0 Å². The van der Waals surface area contributed by atoms with E-state index in [1.165, 1.54) is 6.07 Å². The number of benzene rings is 1. The number of nitrogens with one attached hydrogen (secondary N) is 1. The van der Waals surface area contributed by atoms with Crippen molar-refractivity contribution < 1.29 is 8.42 Å². The molecule has 0 amide bonds. The van der Waals surface area contributed by atoms with Crippen molar-refractivity contribution in [3.8, 4) is 0 Å². The van der Waals surface area contributed by atoms with Crippen LogP contribution in [0.1, 0.15) is 18.1 Å². The number of rotatable bonds is 5. The molecule has 2 aromatic rings. The Morgan fingerprint density at radius 2 is 2.14 bits per heavy atom. The molecule has 21 heavy (non-hydrogen) atoms. The minimum absolute atomic E-state index is 0.168. The molecule has 0 fully saturated rings. The Balaban J connectivity index is 2.20. The Morgan fingerprint density at radius 1 is 1.43 bits per heavy atom. The van der Waals surface area contributed by atoms with E-state index in [4.69, 9.17) is 17.3 Å². The molecule has 0 aliphatic rings. The molecule has 0 aliphatic carbocycles. The summed E-state index contributed by atoms with van der Waals surface area (Å²) in [5.74, 6) is 0. The fourth-order valence-electron chi connectivity index (χ4n) is 2.09. The second kappa shape index (κ2) is 6.36. The first-order valence-corrected chi connectivity index (χ1v) is 9.19. The Labute approximate surface area is 134 Å². The number of halogens is 1. The van der Waals surface area contributed by atoms with Gasteiger partial charge in [-0.05, 0) is 60.4 Å². The fourth-order valence-corrected chi connectivity index (χ4v) is 4.50. The highest BCUT2D eigenvalue weighted by Gasteiger charge is 2.21. The first kappa shape index (κ1) is 16.3. The summed E-state index contributed by atoms with van der Waals surface area (Å²) in [4.78, 5) is 0.168. The zero-order chi connectivity index (χ0) is 15.6. The summed E-state index contributed by atoms with van der Waals surface area (Å²) in [5, 5.41) is 4.34. The van der Waals surface area contributed by atoms with Crippen LogP contribution in [0.3, 0.4) is 0 Å². The Morgan fingerprint density at radius 3 is 2.76 bits per heavy atom. The lowest BCUT2D eigenvalue weighted by atomic mass is 10.1. The molecule has 1 aromatic carbocycles. The molecule has 1 heterocycles. The highest BCUT2D eigenvalue weighted by atomic mass is 35.5. The van der Waals surface area contributed by atoms with Crippen molar-refractivity contribution in [1.82, 2.24) is 4.72 Å². The third-order valence-corrected chi connectivity index (χ3v) is 5.85. The third kappa shape index (κ3) is 3.97. The van der Waals surface area contributed by atoms with Gasteiger partial charge in [-0.2, -0.15) is 11.3 Å². The molecule has 1 aromatic heterocycles. The largest absolute Gasteiger partial charge is 0.397 e. The van der Waals surface area contributed by atoms with E-state index in [-0.39, 0.29) is 16.6 Å². The van der Waals surface area contributed by atoms with E-state index in [0.29, 0.717) is 17.0 Å². The number of aryl methyl sites for hydroxylation is 1. The zero-order valence-corrected chi connectivity index (χ0v) is 14.1. The molecule has 7 heteroatoms. The Kier molecular flexibility index (Phi) is 4.93. The highest BCUT2D eigenvalue weighted by Crippen LogP contribution is 2.26. The maximum atomic E-state index is 12.4. The summed E-state index contributed by atoms with van der Waals surface area (Å²) >= 11 is 7.49. The van der Waals surface area contributed by atoms with Gasteiger partial charge in [0.25, 0.3) is 0 Å². The minimum atomic E-state index is -3.62. The van der Waals surface area contributed by atoms with Gasteiger partial charge in [-0.25, -0.2) is 13.1 Å². The van der Waals surface area contributed by atoms with Crippen LogP contribution in [0, 0.1) is 6.92 Å². The van der Waals surface area contributed by atoms with Crippen LogP contribution in [0.4, 0.5) is 5.69 Å². The van der Waals surface area contributed by atoms with E-state index in [9.17, 15) is 8.42 Å². The fraction of sp³-hybridized carbons (Fsp3) is 0.286. The number of nitrogen functional groups attached to an aromatic ring is 1. The second-order valence-electron chi connectivity index (χ2n) is 5.00. The molecule has 0 bridgehead atoms. The number of sulfonamides is 1. The van der Waals surface area contributed by atoms with Gasteiger partial charge >= 0.3 is 0 Å². The number of thiophene rings is 1. The topological polar surface area (TPSA) is 72.2 Å². The van der Waals surface area contributed by atoms with E-state index in [0.717, 1.165) is 5.56 Å². The number of anilines is 1. The lowest BCUT2D eigenvalue weighted by Gasteiger charge is -2.15. The summed E-state index contributed by atoms with van der Waals surface area (Å²) < 4.78 is 27.6. The molecule has 114 valence electrons. The van der Waals surface area contributed by atoms with E-state index >= 15 is 0 Å². The van der Waals surface area contributed by atoms with Crippen LogP contribution in [0.2, 0.25) is 5.02 Å². The predicted octanol–water partition coefficient (Wildman–Crippen LogP) is 3.20. The van der Waals surface area contributed by atoms with Crippen LogP contribution >= 0.6 is 22.9 Å². The summed E-state index contributed by atoms with van der Waals surface area (Å²) in [5.41, 5.74) is 7.65. The van der Waals surface area contributed by atoms with Gasteiger partial charge in [0.15, 0.2) is 0 Å². The Hall–Kier alpha value is -1.08. The molecule has 0 spiro atoms. The van der Waals surface area contributed by atoms with E-state index in [1.807, 2.05) is 23.8 Å². The van der Waals surface area contributed by atoms with Gasteiger partial charge in [0, 0.05) is 6.04 Å². The lowest BCUT2D eigenvalue weighted by Crippen LogP contribution is -2.34. The van der Waals surface area contributed by atoms with Crippen molar-refractivity contribution in [3.05, 3.63) is 45.1 Å². The van der Waals surface area contributed by atoms with Gasteiger partial charge in [-0.15, -0.1) is 0 Å². The van der Waals surface area contributed by atoms with Gasteiger partial charge in [-0.3, -0.25) is 0 Å².